The van der Waals surface area contributed by atoms with E-state index in [1.54, 1.807) is 6.07 Å². The number of anilines is 2. The first-order valence-electron chi connectivity index (χ1n) is 9.38. The molecule has 1 fully saturated rings. The fraction of sp³-hybridized carbons (Fsp3) is 0.273. The van der Waals surface area contributed by atoms with Crippen LogP contribution in [-0.2, 0) is 4.79 Å². The molecule has 0 aromatic heterocycles. The Morgan fingerprint density at radius 2 is 1.74 bits per heavy atom. The van der Waals surface area contributed by atoms with E-state index in [4.69, 9.17) is 0 Å². The number of benzene rings is 2. The van der Waals surface area contributed by atoms with Gasteiger partial charge in [-0.3, -0.25) is 14.5 Å². The highest BCUT2D eigenvalue weighted by molar-refractivity contribution is 6.11. The molecule has 2 aromatic carbocycles. The van der Waals surface area contributed by atoms with Gasteiger partial charge in [-0.1, -0.05) is 30.8 Å². The van der Waals surface area contributed by atoms with Gasteiger partial charge in [0.15, 0.2) is 0 Å². The minimum absolute atomic E-state index is 0.0414. The van der Waals surface area contributed by atoms with Crippen LogP contribution >= 0.6 is 0 Å². The van der Waals surface area contributed by atoms with Gasteiger partial charge < -0.3 is 10.2 Å². The first kappa shape index (κ1) is 17.3. The van der Waals surface area contributed by atoms with Gasteiger partial charge in [-0.15, -0.1) is 0 Å². The fourth-order valence-electron chi connectivity index (χ4n) is 3.78. The van der Waals surface area contributed by atoms with Crippen molar-refractivity contribution in [2.24, 2.45) is 0 Å². The van der Waals surface area contributed by atoms with Crippen LogP contribution in [0.15, 0.2) is 55.1 Å². The van der Waals surface area contributed by atoms with E-state index in [1.807, 2.05) is 36.4 Å². The number of fused-ring (bicyclic) bond motifs is 1. The molecule has 0 spiro atoms. The molecular formula is C22H23N3O2. The van der Waals surface area contributed by atoms with Crippen LogP contribution in [0.25, 0.3) is 5.70 Å². The summed E-state index contributed by atoms with van der Waals surface area (Å²) in [5.74, 6) is -0.402. The Hall–Kier alpha value is -3.08. The fourth-order valence-corrected chi connectivity index (χ4v) is 3.78. The molecule has 0 atom stereocenters. The summed E-state index contributed by atoms with van der Waals surface area (Å²) < 4.78 is 0. The second-order valence-electron chi connectivity index (χ2n) is 7.03. The Morgan fingerprint density at radius 3 is 2.48 bits per heavy atom. The Bertz CT molecular complexity index is 865. The minimum atomic E-state index is -0.229. The second-order valence-corrected chi connectivity index (χ2v) is 7.03. The van der Waals surface area contributed by atoms with Crippen molar-refractivity contribution in [3.05, 3.63) is 66.2 Å². The SMILES string of the molecule is C=C1c2ccccc2C(=O)N1CC(=O)Nc1cccc(N2CCCCC2)c1. The van der Waals surface area contributed by atoms with Crippen LogP contribution in [0.3, 0.4) is 0 Å². The molecule has 2 aliphatic rings. The highest BCUT2D eigenvalue weighted by Crippen LogP contribution is 2.31. The zero-order valence-electron chi connectivity index (χ0n) is 15.3. The topological polar surface area (TPSA) is 52.7 Å². The second kappa shape index (κ2) is 7.27. The third-order valence-electron chi connectivity index (χ3n) is 5.19. The maximum absolute atomic E-state index is 12.5. The molecule has 0 saturated carbocycles. The number of hydrogen-bond acceptors (Lipinski definition) is 3. The van der Waals surface area contributed by atoms with Gasteiger partial charge in [-0.2, -0.15) is 0 Å². The molecule has 5 heteroatoms. The third kappa shape index (κ3) is 3.45. The molecule has 138 valence electrons. The Balaban J connectivity index is 1.43. The van der Waals surface area contributed by atoms with Gasteiger partial charge in [0, 0.05) is 41.3 Å². The first-order valence-corrected chi connectivity index (χ1v) is 9.38. The van der Waals surface area contributed by atoms with Crippen LogP contribution < -0.4 is 10.2 Å². The maximum atomic E-state index is 12.5. The number of amides is 2. The van der Waals surface area contributed by atoms with Crippen LogP contribution in [0.1, 0.15) is 35.2 Å². The summed E-state index contributed by atoms with van der Waals surface area (Å²) in [5, 5.41) is 2.92. The molecule has 2 aromatic rings. The van der Waals surface area contributed by atoms with Gasteiger partial charge in [0.1, 0.15) is 6.54 Å². The normalized spacial score (nSPS) is 16.4. The van der Waals surface area contributed by atoms with Crippen molar-refractivity contribution >= 4 is 28.9 Å². The quantitative estimate of drug-likeness (QED) is 0.902. The van der Waals surface area contributed by atoms with Crippen LogP contribution in [0.4, 0.5) is 11.4 Å². The van der Waals surface area contributed by atoms with Crippen LogP contribution in [0.5, 0.6) is 0 Å². The molecular weight excluding hydrogens is 338 g/mol. The van der Waals surface area contributed by atoms with Crippen LogP contribution in [-0.4, -0.2) is 36.3 Å². The lowest BCUT2D eigenvalue weighted by atomic mass is 10.1. The number of nitrogens with zero attached hydrogens (tertiary/aromatic N) is 2. The molecule has 27 heavy (non-hydrogen) atoms. The lowest BCUT2D eigenvalue weighted by molar-refractivity contribution is -0.116. The zero-order chi connectivity index (χ0) is 18.8. The van der Waals surface area contributed by atoms with E-state index in [-0.39, 0.29) is 18.4 Å². The van der Waals surface area contributed by atoms with E-state index in [0.717, 1.165) is 30.0 Å². The standard InChI is InChI=1S/C22H23N3O2/c1-16-19-10-3-4-11-20(19)22(27)25(16)15-21(26)23-17-8-7-9-18(14-17)24-12-5-2-6-13-24/h3-4,7-11,14H,1-2,5-6,12-13,15H2,(H,23,26). The Labute approximate surface area is 159 Å². The average molecular weight is 361 g/mol. The lowest BCUT2D eigenvalue weighted by Gasteiger charge is -2.29. The number of carbonyl (C=O) groups excluding carboxylic acids is 2. The van der Waals surface area contributed by atoms with Crippen molar-refractivity contribution in [1.82, 2.24) is 4.90 Å². The van der Waals surface area contributed by atoms with Gasteiger partial charge in [0.25, 0.3) is 5.91 Å². The van der Waals surface area contributed by atoms with E-state index >= 15 is 0 Å². The van der Waals surface area contributed by atoms with Crippen LogP contribution in [0.2, 0.25) is 0 Å². The molecule has 2 aliphatic heterocycles. The van der Waals surface area contributed by atoms with E-state index in [0.29, 0.717) is 11.3 Å². The number of nitrogens with one attached hydrogen (secondary N) is 1. The summed E-state index contributed by atoms with van der Waals surface area (Å²) in [6, 6.07) is 15.2. The summed E-state index contributed by atoms with van der Waals surface area (Å²) in [7, 11) is 0. The molecule has 0 bridgehead atoms. The van der Waals surface area contributed by atoms with Crippen molar-refractivity contribution in [3.63, 3.8) is 0 Å². The van der Waals surface area contributed by atoms with E-state index in [9.17, 15) is 9.59 Å². The van der Waals surface area contributed by atoms with Gasteiger partial charge in [0.2, 0.25) is 5.91 Å². The number of piperidine rings is 1. The zero-order valence-corrected chi connectivity index (χ0v) is 15.3. The largest absolute Gasteiger partial charge is 0.371 e. The molecule has 1 saturated heterocycles. The molecule has 5 nitrogen and oxygen atoms in total. The van der Waals surface area contributed by atoms with Gasteiger partial charge in [0.05, 0.1) is 0 Å². The van der Waals surface area contributed by atoms with Crippen molar-refractivity contribution in [3.8, 4) is 0 Å². The number of carbonyl (C=O) groups is 2. The number of hydrogen-bond donors (Lipinski definition) is 1. The molecule has 2 amide bonds. The summed E-state index contributed by atoms with van der Waals surface area (Å²) in [4.78, 5) is 28.9. The molecule has 0 unspecified atom stereocenters. The highest BCUT2D eigenvalue weighted by Gasteiger charge is 2.31. The first-order chi connectivity index (χ1) is 13.1. The van der Waals surface area contributed by atoms with Crippen molar-refractivity contribution < 1.29 is 9.59 Å². The minimum Gasteiger partial charge on any atom is -0.371 e. The average Bonchev–Trinajstić information content (AvgIpc) is 2.94. The molecule has 2 heterocycles. The smallest absolute Gasteiger partial charge is 0.259 e. The molecule has 0 aliphatic carbocycles. The maximum Gasteiger partial charge on any atom is 0.259 e. The van der Waals surface area contributed by atoms with Crippen molar-refractivity contribution in [1.29, 1.82) is 0 Å². The summed E-state index contributed by atoms with van der Waals surface area (Å²) in [6.45, 7) is 6.05. The van der Waals surface area contributed by atoms with Crippen molar-refractivity contribution in [2.75, 3.05) is 29.9 Å². The monoisotopic (exact) mass is 361 g/mol. The third-order valence-corrected chi connectivity index (χ3v) is 5.19. The van der Waals surface area contributed by atoms with Gasteiger partial charge in [-0.05, 0) is 43.5 Å². The number of rotatable bonds is 4. The van der Waals surface area contributed by atoms with E-state index in [2.05, 4.69) is 22.9 Å². The summed E-state index contributed by atoms with van der Waals surface area (Å²) >= 11 is 0. The Kier molecular flexibility index (Phi) is 4.67. The summed E-state index contributed by atoms with van der Waals surface area (Å²) in [5.41, 5.74) is 3.84. The lowest BCUT2D eigenvalue weighted by Crippen LogP contribution is -2.33. The van der Waals surface area contributed by atoms with Crippen LogP contribution in [0, 0.1) is 0 Å². The molecule has 4 rings (SSSR count). The molecule has 0 radical (unpaired) electrons. The predicted molar refractivity (Wildman–Crippen MR) is 108 cm³/mol. The predicted octanol–water partition coefficient (Wildman–Crippen LogP) is 3.74. The van der Waals surface area contributed by atoms with E-state index < -0.39 is 0 Å². The Morgan fingerprint density at radius 1 is 1.00 bits per heavy atom. The molecule has 1 N–H and O–H groups in total. The highest BCUT2D eigenvalue weighted by atomic mass is 16.2. The van der Waals surface area contributed by atoms with E-state index in [1.165, 1.54) is 24.2 Å². The van der Waals surface area contributed by atoms with Crippen molar-refractivity contribution in [2.45, 2.75) is 19.3 Å². The van der Waals surface area contributed by atoms with Gasteiger partial charge in [-0.25, -0.2) is 0 Å². The summed E-state index contributed by atoms with van der Waals surface area (Å²) in [6.07, 6.45) is 3.69. The van der Waals surface area contributed by atoms with Gasteiger partial charge >= 0.3 is 0 Å².